The highest BCUT2D eigenvalue weighted by Crippen LogP contribution is 2.15. The number of nitrogens with zero attached hydrogens (tertiary/aromatic N) is 2. The Balaban J connectivity index is 0.00000272. The Hall–Kier alpha value is -3.26. The van der Waals surface area contributed by atoms with Gasteiger partial charge in [-0.25, -0.2) is 9.13 Å². The zero-order chi connectivity index (χ0) is 20.4. The Bertz CT molecular complexity index is 921. The fourth-order valence-electron chi connectivity index (χ4n) is 3.82. The van der Waals surface area contributed by atoms with Crippen molar-refractivity contribution in [3.63, 3.8) is 0 Å². The van der Waals surface area contributed by atoms with Crippen LogP contribution < -0.4 is 9.13 Å². The van der Waals surface area contributed by atoms with Crippen LogP contribution in [-0.2, 0) is 25.9 Å². The summed E-state index contributed by atoms with van der Waals surface area (Å²) in [6, 6.07) is 30.3. The number of benzene rings is 2. The summed E-state index contributed by atoms with van der Waals surface area (Å²) in [4.78, 5) is 0. The summed E-state index contributed by atoms with van der Waals surface area (Å²) in [6.07, 6.45) is 13.3. The predicted molar refractivity (Wildman–Crippen MR) is 129 cm³/mol. The van der Waals surface area contributed by atoms with Gasteiger partial charge in [0.15, 0.2) is 24.8 Å². The van der Waals surface area contributed by atoms with E-state index in [0.717, 1.165) is 38.8 Å². The molecule has 31 heavy (non-hydrogen) atoms. The topological polar surface area (TPSA) is 7.76 Å². The highest BCUT2D eigenvalue weighted by Gasteiger charge is 2.06. The molecule has 0 radical (unpaired) electrons. The first kappa shape index (κ1) is 22.4. The first-order chi connectivity index (χ1) is 14.9. The fraction of sp³-hybridized carbons (Fsp3) is 0.241. The van der Waals surface area contributed by atoms with Crippen LogP contribution in [0.25, 0.3) is 11.1 Å². The van der Waals surface area contributed by atoms with Crippen LogP contribution in [0.3, 0.4) is 0 Å². The average molecular weight is 411 g/mol. The molecule has 0 saturated carbocycles. The lowest BCUT2D eigenvalue weighted by atomic mass is 10.1. The zero-order valence-electron chi connectivity index (χ0n) is 17.5. The minimum absolute atomic E-state index is 0. The van der Waals surface area contributed by atoms with Crippen molar-refractivity contribution >= 4 is 0 Å². The van der Waals surface area contributed by atoms with Gasteiger partial charge in [0, 0.05) is 37.1 Å². The number of aromatic nitrogens is 2. The molecule has 0 fully saturated rings. The van der Waals surface area contributed by atoms with E-state index in [2.05, 4.69) is 119 Å². The highest BCUT2D eigenvalue weighted by atomic mass is 14.9. The second-order valence-corrected chi connectivity index (χ2v) is 7.83. The Morgan fingerprint density at radius 3 is 1.16 bits per heavy atom. The Morgan fingerprint density at radius 1 is 0.452 bits per heavy atom. The van der Waals surface area contributed by atoms with Crippen LogP contribution in [0.15, 0.2) is 110 Å². The predicted octanol–water partition coefficient (Wildman–Crippen LogP) is 5.83. The molecule has 2 aromatic carbocycles. The zero-order valence-corrected chi connectivity index (χ0v) is 17.5. The molecule has 2 heterocycles. The van der Waals surface area contributed by atoms with E-state index in [1.54, 1.807) is 0 Å². The van der Waals surface area contributed by atoms with Crippen LogP contribution in [0, 0.1) is 0 Å². The maximum Gasteiger partial charge on any atom is 0.169 e. The SMILES string of the molecule is C.c1ccc(CCC[n+]2ccc(-c3cc[n+](CCCc4ccccc4)cc3)cc2)cc1. The molecule has 0 unspecified atom stereocenters. The molecule has 0 amide bonds. The number of hydrogen-bond acceptors (Lipinski definition) is 0. The van der Waals surface area contributed by atoms with Crippen LogP contribution in [0.4, 0.5) is 0 Å². The molecule has 0 aliphatic rings. The summed E-state index contributed by atoms with van der Waals surface area (Å²) in [7, 11) is 0. The third-order valence-corrected chi connectivity index (χ3v) is 5.56. The second-order valence-electron chi connectivity index (χ2n) is 7.83. The maximum absolute atomic E-state index is 2.28. The molecule has 0 bridgehead atoms. The van der Waals surface area contributed by atoms with Gasteiger partial charge in [-0.2, -0.15) is 0 Å². The quantitative estimate of drug-likeness (QED) is 0.307. The molecular formula is C29H34N2+2. The standard InChI is InChI=1S/C28H30N2.CH4/c1-3-9-25(10-4-1)13-7-19-29-21-15-27(16-22-29)28-17-23-30(24-18-28)20-8-14-26-11-5-2-6-12-26;/h1-6,9-12,15-18,21-24H,7-8,13-14,19-20H2;1H4/q+2;. The average Bonchev–Trinajstić information content (AvgIpc) is 2.82. The van der Waals surface area contributed by atoms with E-state index in [-0.39, 0.29) is 7.43 Å². The minimum atomic E-state index is 0. The van der Waals surface area contributed by atoms with Gasteiger partial charge in [0.05, 0.1) is 0 Å². The van der Waals surface area contributed by atoms with Gasteiger partial charge in [-0.3, -0.25) is 0 Å². The summed E-state index contributed by atoms with van der Waals surface area (Å²) in [5.41, 5.74) is 5.36. The monoisotopic (exact) mass is 410 g/mol. The molecule has 0 atom stereocenters. The number of hydrogen-bond donors (Lipinski definition) is 0. The van der Waals surface area contributed by atoms with E-state index in [0.29, 0.717) is 0 Å². The van der Waals surface area contributed by atoms with Crippen molar-refractivity contribution in [2.24, 2.45) is 0 Å². The third kappa shape index (κ3) is 6.89. The largest absolute Gasteiger partial charge is 0.205 e. The summed E-state index contributed by atoms with van der Waals surface area (Å²) < 4.78 is 4.55. The van der Waals surface area contributed by atoms with E-state index < -0.39 is 0 Å². The first-order valence-corrected chi connectivity index (χ1v) is 10.9. The van der Waals surface area contributed by atoms with E-state index in [9.17, 15) is 0 Å². The third-order valence-electron chi connectivity index (χ3n) is 5.56. The van der Waals surface area contributed by atoms with Gasteiger partial charge in [0.2, 0.25) is 0 Å². The molecule has 2 heteroatoms. The summed E-state index contributed by atoms with van der Waals surface area (Å²) in [5.74, 6) is 0. The van der Waals surface area contributed by atoms with Crippen molar-refractivity contribution < 1.29 is 9.13 Å². The molecule has 0 saturated heterocycles. The maximum atomic E-state index is 2.28. The normalized spacial score (nSPS) is 10.5. The lowest BCUT2D eigenvalue weighted by Crippen LogP contribution is -2.33. The Morgan fingerprint density at radius 2 is 0.806 bits per heavy atom. The minimum Gasteiger partial charge on any atom is -0.205 e. The lowest BCUT2D eigenvalue weighted by Gasteiger charge is -2.03. The van der Waals surface area contributed by atoms with Crippen molar-refractivity contribution in [1.29, 1.82) is 0 Å². The van der Waals surface area contributed by atoms with Gasteiger partial charge in [-0.05, 0) is 35.1 Å². The van der Waals surface area contributed by atoms with Crippen molar-refractivity contribution in [3.8, 4) is 11.1 Å². The van der Waals surface area contributed by atoms with Crippen molar-refractivity contribution in [2.45, 2.75) is 46.2 Å². The van der Waals surface area contributed by atoms with Gasteiger partial charge in [-0.15, -0.1) is 0 Å². The van der Waals surface area contributed by atoms with E-state index >= 15 is 0 Å². The number of pyridine rings is 2. The van der Waals surface area contributed by atoms with Gasteiger partial charge >= 0.3 is 0 Å². The molecule has 0 aliphatic heterocycles. The van der Waals surface area contributed by atoms with Gasteiger partial charge < -0.3 is 0 Å². The highest BCUT2D eigenvalue weighted by molar-refractivity contribution is 5.60. The molecule has 4 aromatic rings. The van der Waals surface area contributed by atoms with Gasteiger partial charge in [-0.1, -0.05) is 68.1 Å². The van der Waals surface area contributed by atoms with E-state index in [1.165, 1.54) is 22.3 Å². The van der Waals surface area contributed by atoms with Crippen LogP contribution in [0.1, 0.15) is 31.4 Å². The molecule has 0 spiro atoms. The fourth-order valence-corrected chi connectivity index (χ4v) is 3.82. The molecular weight excluding hydrogens is 376 g/mol. The van der Waals surface area contributed by atoms with Crippen molar-refractivity contribution in [1.82, 2.24) is 0 Å². The molecule has 2 nitrogen and oxygen atoms in total. The van der Waals surface area contributed by atoms with Gasteiger partial charge in [0.1, 0.15) is 13.1 Å². The van der Waals surface area contributed by atoms with E-state index in [4.69, 9.17) is 0 Å². The molecule has 0 aliphatic carbocycles. The van der Waals surface area contributed by atoms with Crippen molar-refractivity contribution in [3.05, 3.63) is 121 Å². The van der Waals surface area contributed by atoms with Crippen LogP contribution >= 0.6 is 0 Å². The molecule has 158 valence electrons. The Labute approximate surface area is 187 Å². The van der Waals surface area contributed by atoms with Gasteiger partial charge in [0.25, 0.3) is 0 Å². The van der Waals surface area contributed by atoms with Crippen molar-refractivity contribution in [2.75, 3.05) is 0 Å². The summed E-state index contributed by atoms with van der Waals surface area (Å²) in [5, 5.41) is 0. The lowest BCUT2D eigenvalue weighted by molar-refractivity contribution is -0.697. The van der Waals surface area contributed by atoms with E-state index in [1.807, 2.05) is 0 Å². The second kappa shape index (κ2) is 11.8. The summed E-state index contributed by atoms with van der Waals surface area (Å²) >= 11 is 0. The molecule has 4 rings (SSSR count). The summed E-state index contributed by atoms with van der Waals surface area (Å²) in [6.45, 7) is 2.09. The molecule has 2 aromatic heterocycles. The Kier molecular flexibility index (Phi) is 8.54. The van der Waals surface area contributed by atoms with Crippen LogP contribution in [0.2, 0.25) is 0 Å². The molecule has 0 N–H and O–H groups in total. The number of rotatable bonds is 9. The van der Waals surface area contributed by atoms with Crippen LogP contribution in [0.5, 0.6) is 0 Å². The smallest absolute Gasteiger partial charge is 0.169 e. The number of aryl methyl sites for hydroxylation is 4. The van der Waals surface area contributed by atoms with Crippen LogP contribution in [-0.4, -0.2) is 0 Å². The first-order valence-electron chi connectivity index (χ1n) is 10.9.